The average Bonchev–Trinajstić information content (AvgIpc) is 2.80. The van der Waals surface area contributed by atoms with E-state index in [9.17, 15) is 4.79 Å². The Labute approximate surface area is 185 Å². The van der Waals surface area contributed by atoms with Gasteiger partial charge in [-0.05, 0) is 30.7 Å². The molecule has 3 aromatic rings. The first kappa shape index (κ1) is 20.8. The summed E-state index contributed by atoms with van der Waals surface area (Å²) in [5, 5.41) is 1.65. The molecule has 0 radical (unpaired) electrons. The number of para-hydroxylation sites is 1. The molecule has 0 N–H and O–H groups in total. The number of benzene rings is 2. The summed E-state index contributed by atoms with van der Waals surface area (Å²) in [7, 11) is 0. The summed E-state index contributed by atoms with van der Waals surface area (Å²) in [5.41, 5.74) is 2.42. The third-order valence-corrected chi connectivity index (χ3v) is 7.28. The van der Waals surface area contributed by atoms with Crippen LogP contribution < -0.4 is 4.90 Å². The number of nitrogens with zero attached hydrogens (tertiary/aromatic N) is 4. The van der Waals surface area contributed by atoms with Crippen LogP contribution in [-0.2, 0) is 4.79 Å². The number of aromatic nitrogens is 2. The summed E-state index contributed by atoms with van der Waals surface area (Å²) in [5.74, 6) is 0.538. The van der Waals surface area contributed by atoms with Crippen LogP contribution in [0.2, 0.25) is 0 Å². The quantitative estimate of drug-likeness (QED) is 0.535. The van der Waals surface area contributed by atoms with Gasteiger partial charge in [-0.3, -0.25) is 4.79 Å². The molecule has 5 nitrogen and oxygen atoms in total. The summed E-state index contributed by atoms with van der Waals surface area (Å²) in [4.78, 5) is 27.2. The van der Waals surface area contributed by atoms with Gasteiger partial charge in [0.15, 0.2) is 0 Å². The zero-order valence-electron chi connectivity index (χ0n) is 16.9. The Morgan fingerprint density at radius 1 is 0.900 bits per heavy atom. The first-order valence-corrected chi connectivity index (χ1v) is 11.8. The van der Waals surface area contributed by atoms with Gasteiger partial charge >= 0.3 is 0 Å². The molecule has 1 aliphatic heterocycles. The van der Waals surface area contributed by atoms with Gasteiger partial charge in [0.25, 0.3) is 0 Å². The molecule has 0 spiro atoms. The summed E-state index contributed by atoms with van der Waals surface area (Å²) in [6, 6.07) is 18.6. The van der Waals surface area contributed by atoms with E-state index in [-0.39, 0.29) is 5.91 Å². The first-order chi connectivity index (χ1) is 14.7. The smallest absolute Gasteiger partial charge is 0.233 e. The number of rotatable bonds is 6. The fourth-order valence-electron chi connectivity index (χ4n) is 3.33. The molecule has 1 aromatic heterocycles. The molecule has 1 fully saturated rings. The monoisotopic (exact) mass is 436 g/mol. The van der Waals surface area contributed by atoms with Crippen LogP contribution in [0.25, 0.3) is 0 Å². The van der Waals surface area contributed by atoms with E-state index in [2.05, 4.69) is 58.2 Å². The lowest BCUT2D eigenvalue weighted by molar-refractivity contribution is -0.128. The third kappa shape index (κ3) is 5.15. The molecule has 0 aliphatic carbocycles. The van der Waals surface area contributed by atoms with E-state index in [0.717, 1.165) is 41.1 Å². The molecule has 1 saturated heterocycles. The number of carbonyl (C=O) groups excluding carboxylic acids is 1. The molecule has 1 aliphatic rings. The fraction of sp³-hybridized carbons (Fsp3) is 0.261. The maximum absolute atomic E-state index is 12.8. The minimum Gasteiger partial charge on any atom is -0.368 e. The van der Waals surface area contributed by atoms with Gasteiger partial charge in [-0.1, -0.05) is 59.9 Å². The molecular formula is C23H24N4OS2. The molecule has 7 heteroatoms. The number of amides is 1. The van der Waals surface area contributed by atoms with Gasteiger partial charge in [-0.25, -0.2) is 9.97 Å². The van der Waals surface area contributed by atoms with E-state index in [1.165, 1.54) is 23.0 Å². The van der Waals surface area contributed by atoms with E-state index in [1.807, 2.05) is 23.1 Å². The van der Waals surface area contributed by atoms with E-state index in [0.29, 0.717) is 5.75 Å². The number of thioether (sulfide) groups is 1. The largest absolute Gasteiger partial charge is 0.368 e. The Morgan fingerprint density at radius 3 is 2.30 bits per heavy atom. The van der Waals surface area contributed by atoms with Crippen molar-refractivity contribution in [3.63, 3.8) is 0 Å². The predicted octanol–water partition coefficient (Wildman–Crippen LogP) is 4.38. The molecule has 4 rings (SSSR count). The highest BCUT2D eigenvalue weighted by Crippen LogP contribution is 2.34. The van der Waals surface area contributed by atoms with Gasteiger partial charge in [-0.15, -0.1) is 0 Å². The molecule has 0 unspecified atom stereocenters. The molecule has 1 amide bonds. The highest BCUT2D eigenvalue weighted by Gasteiger charge is 2.22. The molecule has 0 atom stereocenters. The van der Waals surface area contributed by atoms with Crippen LogP contribution in [0.3, 0.4) is 0 Å². The number of hydrogen-bond donors (Lipinski definition) is 0. The summed E-state index contributed by atoms with van der Waals surface area (Å²) >= 11 is 3.07. The molecule has 2 aromatic carbocycles. The van der Waals surface area contributed by atoms with Crippen molar-refractivity contribution >= 4 is 35.1 Å². The van der Waals surface area contributed by atoms with E-state index in [4.69, 9.17) is 0 Å². The second-order valence-corrected chi connectivity index (χ2v) is 9.02. The Bertz CT molecular complexity index is 991. The molecule has 0 saturated carbocycles. The molecular weight excluding hydrogens is 412 g/mol. The highest BCUT2D eigenvalue weighted by atomic mass is 32.2. The Balaban J connectivity index is 1.33. The zero-order chi connectivity index (χ0) is 20.8. The molecule has 0 bridgehead atoms. The molecule has 2 heterocycles. The van der Waals surface area contributed by atoms with Gasteiger partial charge in [0.1, 0.15) is 10.1 Å². The van der Waals surface area contributed by atoms with Crippen molar-refractivity contribution in [3.8, 4) is 0 Å². The first-order valence-electron chi connectivity index (χ1n) is 9.96. The van der Waals surface area contributed by atoms with Crippen LogP contribution >= 0.6 is 23.5 Å². The van der Waals surface area contributed by atoms with Gasteiger partial charge in [0, 0.05) is 49.2 Å². The van der Waals surface area contributed by atoms with Gasteiger partial charge in [0.05, 0.1) is 5.75 Å². The van der Waals surface area contributed by atoms with Crippen LogP contribution in [0.4, 0.5) is 5.69 Å². The van der Waals surface area contributed by atoms with E-state index < -0.39 is 0 Å². The maximum atomic E-state index is 12.8. The van der Waals surface area contributed by atoms with Crippen LogP contribution in [0.15, 0.2) is 81.9 Å². The molecule has 154 valence electrons. The number of carbonyl (C=O) groups is 1. The fourth-order valence-corrected chi connectivity index (χ4v) is 5.22. The lowest BCUT2D eigenvalue weighted by atomic mass is 10.2. The van der Waals surface area contributed by atoms with E-state index in [1.54, 1.807) is 24.2 Å². The Hall–Kier alpha value is -2.51. The minimum absolute atomic E-state index is 0.158. The van der Waals surface area contributed by atoms with Crippen molar-refractivity contribution in [2.24, 2.45) is 0 Å². The Morgan fingerprint density at radius 2 is 1.57 bits per heavy atom. The summed E-state index contributed by atoms with van der Waals surface area (Å²) in [6.45, 7) is 5.31. The van der Waals surface area contributed by atoms with Crippen molar-refractivity contribution in [1.82, 2.24) is 14.9 Å². The van der Waals surface area contributed by atoms with Crippen molar-refractivity contribution < 1.29 is 4.79 Å². The third-order valence-electron chi connectivity index (χ3n) is 5.02. The van der Waals surface area contributed by atoms with Crippen LogP contribution in [0.5, 0.6) is 0 Å². The van der Waals surface area contributed by atoms with Crippen molar-refractivity contribution in [2.45, 2.75) is 21.9 Å². The van der Waals surface area contributed by atoms with Crippen LogP contribution in [-0.4, -0.2) is 52.7 Å². The van der Waals surface area contributed by atoms with Crippen molar-refractivity contribution in [1.29, 1.82) is 0 Å². The van der Waals surface area contributed by atoms with Gasteiger partial charge in [0.2, 0.25) is 5.91 Å². The topological polar surface area (TPSA) is 49.3 Å². The van der Waals surface area contributed by atoms with Gasteiger partial charge < -0.3 is 9.80 Å². The minimum atomic E-state index is 0.158. The van der Waals surface area contributed by atoms with Gasteiger partial charge in [-0.2, -0.15) is 0 Å². The van der Waals surface area contributed by atoms with Crippen molar-refractivity contribution in [3.05, 3.63) is 72.6 Å². The number of piperazine rings is 1. The number of aryl methyl sites for hydroxylation is 1. The molecule has 30 heavy (non-hydrogen) atoms. The van der Waals surface area contributed by atoms with Crippen molar-refractivity contribution in [2.75, 3.05) is 36.8 Å². The van der Waals surface area contributed by atoms with Crippen LogP contribution in [0, 0.1) is 6.92 Å². The second kappa shape index (κ2) is 10.00. The average molecular weight is 437 g/mol. The number of anilines is 1. The van der Waals surface area contributed by atoms with Crippen LogP contribution in [0.1, 0.15) is 5.56 Å². The highest BCUT2D eigenvalue weighted by molar-refractivity contribution is 8.02. The SMILES string of the molecule is Cc1ccccc1Sc1nccnc1SCC(=O)N1CCN(c2ccccc2)CC1. The normalized spacial score (nSPS) is 14.0. The lowest BCUT2D eigenvalue weighted by Crippen LogP contribution is -2.49. The number of hydrogen-bond acceptors (Lipinski definition) is 6. The summed E-state index contributed by atoms with van der Waals surface area (Å²) in [6.07, 6.45) is 3.39. The standard InChI is InChI=1S/C23H24N4OS2/c1-18-7-5-6-10-20(18)30-23-22(24-11-12-25-23)29-17-21(28)27-15-13-26(14-16-27)19-8-3-2-4-9-19/h2-12H,13-17H2,1H3. The maximum Gasteiger partial charge on any atom is 0.233 e. The Kier molecular flexibility index (Phi) is 6.92. The van der Waals surface area contributed by atoms with E-state index >= 15 is 0 Å². The lowest BCUT2D eigenvalue weighted by Gasteiger charge is -2.36. The summed E-state index contributed by atoms with van der Waals surface area (Å²) < 4.78 is 0. The second-order valence-electron chi connectivity index (χ2n) is 7.03. The zero-order valence-corrected chi connectivity index (χ0v) is 18.5. The predicted molar refractivity (Wildman–Crippen MR) is 123 cm³/mol.